The molecule has 4 aliphatic carbocycles. The zero-order valence-electron chi connectivity index (χ0n) is 17.7. The van der Waals surface area contributed by atoms with Gasteiger partial charge in [-0.25, -0.2) is 8.42 Å². The average Bonchev–Trinajstić information content (AvgIpc) is 2.76. The van der Waals surface area contributed by atoms with E-state index in [2.05, 4.69) is 10.0 Å². The van der Waals surface area contributed by atoms with Crippen molar-refractivity contribution in [2.75, 3.05) is 4.72 Å². The zero-order valence-corrected chi connectivity index (χ0v) is 18.5. The number of carbonyl (C=O) groups is 2. The minimum atomic E-state index is -3.74. The van der Waals surface area contributed by atoms with Crippen molar-refractivity contribution >= 4 is 27.5 Å². The molecule has 168 valence electrons. The van der Waals surface area contributed by atoms with Crippen LogP contribution in [0.15, 0.2) is 59.5 Å². The van der Waals surface area contributed by atoms with Crippen molar-refractivity contribution in [1.82, 2.24) is 5.32 Å². The van der Waals surface area contributed by atoms with Crippen LogP contribution in [-0.2, 0) is 14.8 Å². The van der Waals surface area contributed by atoms with E-state index < -0.39 is 15.4 Å². The SMILES string of the molecule is NC(=O)C12CC3CC(C1)C(NC(=O)c1cccc(NS(=O)(=O)c4ccccc4)c1)C(C3)C2. The van der Waals surface area contributed by atoms with Crippen LogP contribution in [0.4, 0.5) is 5.69 Å². The molecule has 0 spiro atoms. The van der Waals surface area contributed by atoms with Crippen LogP contribution in [0.5, 0.6) is 0 Å². The lowest BCUT2D eigenvalue weighted by Crippen LogP contribution is -2.62. The molecule has 32 heavy (non-hydrogen) atoms. The number of nitrogens with one attached hydrogen (secondary N) is 2. The monoisotopic (exact) mass is 453 g/mol. The number of hydrogen-bond donors (Lipinski definition) is 3. The molecule has 4 saturated carbocycles. The molecular weight excluding hydrogens is 426 g/mol. The molecule has 4 fully saturated rings. The summed E-state index contributed by atoms with van der Waals surface area (Å²) in [5, 5.41) is 3.19. The molecule has 6 rings (SSSR count). The lowest BCUT2D eigenvalue weighted by molar-refractivity contribution is -0.145. The second-order valence-electron chi connectivity index (χ2n) is 9.61. The molecular formula is C24H27N3O4S. The molecule has 7 nitrogen and oxygen atoms in total. The highest BCUT2D eigenvalue weighted by molar-refractivity contribution is 7.92. The fourth-order valence-corrected chi connectivity index (χ4v) is 7.40. The lowest BCUT2D eigenvalue weighted by atomic mass is 9.47. The van der Waals surface area contributed by atoms with Gasteiger partial charge in [-0.05, 0) is 80.2 Å². The summed E-state index contributed by atoms with van der Waals surface area (Å²) in [5.41, 5.74) is 6.09. The Morgan fingerprint density at radius 1 is 0.938 bits per heavy atom. The van der Waals surface area contributed by atoms with Crippen LogP contribution < -0.4 is 15.8 Å². The molecule has 0 aliphatic heterocycles. The van der Waals surface area contributed by atoms with Gasteiger partial charge < -0.3 is 11.1 Å². The van der Waals surface area contributed by atoms with Crippen molar-refractivity contribution in [2.24, 2.45) is 28.9 Å². The molecule has 8 heteroatoms. The summed E-state index contributed by atoms with van der Waals surface area (Å²) in [6.45, 7) is 0. The summed E-state index contributed by atoms with van der Waals surface area (Å²) in [7, 11) is -3.74. The molecule has 4 bridgehead atoms. The van der Waals surface area contributed by atoms with Crippen LogP contribution in [0.3, 0.4) is 0 Å². The number of nitrogens with two attached hydrogens (primary N) is 1. The van der Waals surface area contributed by atoms with Gasteiger partial charge in [-0.2, -0.15) is 0 Å². The molecule has 2 aromatic rings. The number of rotatable bonds is 6. The Morgan fingerprint density at radius 3 is 2.28 bits per heavy atom. The van der Waals surface area contributed by atoms with Gasteiger partial charge in [0.2, 0.25) is 5.91 Å². The first-order valence-corrected chi connectivity index (χ1v) is 12.5. The Labute approximate surface area is 187 Å². The molecule has 2 amide bonds. The first-order valence-electron chi connectivity index (χ1n) is 11.0. The molecule has 4 aliphatic rings. The van der Waals surface area contributed by atoms with Crippen LogP contribution >= 0.6 is 0 Å². The van der Waals surface area contributed by atoms with Crippen molar-refractivity contribution in [3.05, 3.63) is 60.2 Å². The Balaban J connectivity index is 1.31. The van der Waals surface area contributed by atoms with E-state index in [1.807, 2.05) is 0 Å². The van der Waals surface area contributed by atoms with Gasteiger partial charge in [0.1, 0.15) is 0 Å². The van der Waals surface area contributed by atoms with Gasteiger partial charge in [-0.3, -0.25) is 14.3 Å². The topological polar surface area (TPSA) is 118 Å². The molecule has 0 radical (unpaired) electrons. The normalized spacial score (nSPS) is 30.6. The van der Waals surface area contributed by atoms with E-state index in [0.29, 0.717) is 17.2 Å². The first kappa shape index (κ1) is 21.0. The Bertz CT molecular complexity index is 1150. The lowest BCUT2D eigenvalue weighted by Gasteiger charge is -2.58. The van der Waals surface area contributed by atoms with Crippen molar-refractivity contribution in [1.29, 1.82) is 0 Å². The quantitative estimate of drug-likeness (QED) is 0.623. The molecule has 4 N–H and O–H groups in total. The van der Waals surface area contributed by atoms with Crippen LogP contribution in [-0.4, -0.2) is 26.3 Å². The van der Waals surface area contributed by atoms with E-state index >= 15 is 0 Å². The largest absolute Gasteiger partial charge is 0.369 e. The molecule has 2 aromatic carbocycles. The number of primary amides is 1. The van der Waals surface area contributed by atoms with Gasteiger partial charge >= 0.3 is 0 Å². The van der Waals surface area contributed by atoms with Crippen LogP contribution in [0.1, 0.15) is 42.5 Å². The van der Waals surface area contributed by atoms with Gasteiger partial charge in [0.15, 0.2) is 0 Å². The maximum Gasteiger partial charge on any atom is 0.261 e. The van der Waals surface area contributed by atoms with Crippen molar-refractivity contribution in [3.8, 4) is 0 Å². The number of anilines is 1. The van der Waals surface area contributed by atoms with Gasteiger partial charge in [0.25, 0.3) is 15.9 Å². The summed E-state index contributed by atoms with van der Waals surface area (Å²) >= 11 is 0. The van der Waals surface area contributed by atoms with E-state index in [9.17, 15) is 18.0 Å². The third-order valence-electron chi connectivity index (χ3n) is 7.52. The second kappa shape index (κ2) is 7.62. The number of carbonyl (C=O) groups excluding carboxylic acids is 2. The maximum absolute atomic E-state index is 13.1. The van der Waals surface area contributed by atoms with E-state index in [1.54, 1.807) is 42.5 Å². The summed E-state index contributed by atoms with van der Waals surface area (Å²) in [6, 6.07) is 14.6. The highest BCUT2D eigenvalue weighted by atomic mass is 32.2. The fraction of sp³-hybridized carbons (Fsp3) is 0.417. The van der Waals surface area contributed by atoms with Gasteiger partial charge in [0, 0.05) is 22.7 Å². The average molecular weight is 454 g/mol. The molecule has 2 atom stereocenters. The summed E-state index contributed by atoms with van der Waals surface area (Å²) in [6.07, 6.45) is 4.43. The van der Waals surface area contributed by atoms with E-state index in [1.165, 1.54) is 12.1 Å². The highest BCUT2D eigenvalue weighted by Crippen LogP contribution is 2.59. The molecule has 0 heterocycles. The standard InChI is InChI=1S/C24H27N3O4S/c25-23(29)24-12-15-9-17(13-24)21(18(10-15)14-24)26-22(28)16-5-4-6-19(11-16)27-32(30,31)20-7-2-1-3-8-20/h1-8,11,15,17-18,21,27H,9-10,12-14H2,(H2,25,29)(H,26,28). The van der Waals surface area contributed by atoms with Crippen LogP contribution in [0.2, 0.25) is 0 Å². The molecule has 2 unspecified atom stereocenters. The predicted molar refractivity (Wildman–Crippen MR) is 120 cm³/mol. The number of amides is 2. The van der Waals surface area contributed by atoms with Gasteiger partial charge in [-0.1, -0.05) is 24.3 Å². The zero-order chi connectivity index (χ0) is 22.5. The van der Waals surface area contributed by atoms with E-state index in [0.717, 1.165) is 32.1 Å². The maximum atomic E-state index is 13.1. The van der Waals surface area contributed by atoms with Gasteiger partial charge in [-0.15, -0.1) is 0 Å². The Hall–Kier alpha value is -2.87. The summed E-state index contributed by atoms with van der Waals surface area (Å²) in [4.78, 5) is 25.4. The number of hydrogen-bond acceptors (Lipinski definition) is 4. The fourth-order valence-electron chi connectivity index (χ4n) is 6.33. The van der Waals surface area contributed by atoms with Crippen LogP contribution in [0, 0.1) is 23.2 Å². The Kier molecular flexibility index (Phi) is 5.00. The number of sulfonamides is 1. The molecule has 0 aromatic heterocycles. The van der Waals surface area contributed by atoms with Crippen LogP contribution in [0.25, 0.3) is 0 Å². The van der Waals surface area contributed by atoms with Gasteiger partial charge in [0.05, 0.1) is 4.90 Å². The third kappa shape index (κ3) is 3.66. The van der Waals surface area contributed by atoms with Crippen molar-refractivity contribution in [2.45, 2.75) is 43.0 Å². The van der Waals surface area contributed by atoms with Crippen molar-refractivity contribution < 1.29 is 18.0 Å². The van der Waals surface area contributed by atoms with Crippen molar-refractivity contribution in [3.63, 3.8) is 0 Å². The minimum Gasteiger partial charge on any atom is -0.369 e. The second-order valence-corrected chi connectivity index (χ2v) is 11.3. The summed E-state index contributed by atoms with van der Waals surface area (Å²) in [5.74, 6) is 0.621. The smallest absolute Gasteiger partial charge is 0.261 e. The van der Waals surface area contributed by atoms with E-state index in [4.69, 9.17) is 5.73 Å². The summed E-state index contributed by atoms with van der Waals surface area (Å²) < 4.78 is 27.7. The Morgan fingerprint density at radius 2 is 1.62 bits per heavy atom. The van der Waals surface area contributed by atoms with E-state index in [-0.39, 0.29) is 34.6 Å². The molecule has 0 saturated heterocycles. The number of benzene rings is 2. The minimum absolute atomic E-state index is 0.0243. The predicted octanol–water partition coefficient (Wildman–Crippen LogP) is 2.90. The first-order chi connectivity index (χ1) is 15.3. The highest BCUT2D eigenvalue weighted by Gasteiger charge is 2.58. The third-order valence-corrected chi connectivity index (χ3v) is 8.92.